The van der Waals surface area contributed by atoms with E-state index in [1.807, 2.05) is 20.8 Å². The lowest BCUT2D eigenvalue weighted by atomic mass is 9.76. The van der Waals surface area contributed by atoms with Gasteiger partial charge in [0.2, 0.25) is 0 Å². The molecular weight excluding hydrogens is 382 g/mol. The van der Waals surface area contributed by atoms with Crippen molar-refractivity contribution in [2.24, 2.45) is 11.8 Å². The molecule has 1 aromatic rings. The predicted octanol–water partition coefficient (Wildman–Crippen LogP) is 4.12. The Morgan fingerprint density at radius 1 is 1.28 bits per heavy atom. The molecule has 4 nitrogen and oxygen atoms in total. The molecule has 5 heteroatoms. The molecule has 1 aliphatic rings. The fourth-order valence-electron chi connectivity index (χ4n) is 3.14. The highest BCUT2D eigenvalue weighted by atomic mass is 79.9. The summed E-state index contributed by atoms with van der Waals surface area (Å²) < 4.78 is 5.64. The molecule has 0 spiro atoms. The van der Waals surface area contributed by atoms with Gasteiger partial charge in [-0.2, -0.15) is 0 Å². The van der Waals surface area contributed by atoms with Crippen LogP contribution in [0.5, 0.6) is 0 Å². The Morgan fingerprint density at radius 3 is 2.32 bits per heavy atom. The van der Waals surface area contributed by atoms with Crippen molar-refractivity contribution in [2.75, 3.05) is 13.1 Å². The van der Waals surface area contributed by atoms with Gasteiger partial charge in [0.15, 0.2) is 0 Å². The van der Waals surface area contributed by atoms with E-state index in [2.05, 4.69) is 64.1 Å². The van der Waals surface area contributed by atoms with Gasteiger partial charge in [-0.3, -0.25) is 4.79 Å². The summed E-state index contributed by atoms with van der Waals surface area (Å²) in [6.45, 7) is 12.1. The van der Waals surface area contributed by atoms with E-state index >= 15 is 0 Å². The standard InChI is InChI=1S/C15H22BrNO.C5H10O2/c1-10(2)7-12-8-17-9-14(18)15(12)11-3-5-13(16)6-4-11;1-5(2,3)7-4-6/h3-6,10,12,14-15,17-18H,7-9H2,1-2H3;4H,1-3H3. The molecule has 0 amide bonds. The van der Waals surface area contributed by atoms with Crippen LogP contribution < -0.4 is 5.32 Å². The maximum atomic E-state index is 10.3. The lowest BCUT2D eigenvalue weighted by molar-refractivity contribution is -0.138. The summed E-state index contributed by atoms with van der Waals surface area (Å²) in [5.41, 5.74) is 0.944. The van der Waals surface area contributed by atoms with Crippen molar-refractivity contribution in [1.82, 2.24) is 5.32 Å². The largest absolute Gasteiger partial charge is 0.462 e. The maximum Gasteiger partial charge on any atom is 0.293 e. The summed E-state index contributed by atoms with van der Waals surface area (Å²) >= 11 is 3.47. The minimum Gasteiger partial charge on any atom is -0.462 e. The van der Waals surface area contributed by atoms with Gasteiger partial charge in [0.25, 0.3) is 6.47 Å². The first-order valence-electron chi connectivity index (χ1n) is 8.89. The van der Waals surface area contributed by atoms with Gasteiger partial charge in [-0.1, -0.05) is 41.9 Å². The smallest absolute Gasteiger partial charge is 0.293 e. The zero-order valence-electron chi connectivity index (χ0n) is 16.0. The van der Waals surface area contributed by atoms with Crippen LogP contribution in [0.25, 0.3) is 0 Å². The SMILES string of the molecule is CC(C)(C)OC=O.CC(C)CC1CNCC(O)C1c1ccc(Br)cc1. The van der Waals surface area contributed by atoms with Gasteiger partial charge < -0.3 is 15.2 Å². The van der Waals surface area contributed by atoms with Crippen molar-refractivity contribution in [3.05, 3.63) is 34.3 Å². The Bertz CT molecular complexity index is 511. The van der Waals surface area contributed by atoms with E-state index in [4.69, 9.17) is 0 Å². The van der Waals surface area contributed by atoms with Crippen molar-refractivity contribution < 1.29 is 14.6 Å². The first kappa shape index (κ1) is 22.1. The summed E-state index contributed by atoms with van der Waals surface area (Å²) in [6.07, 6.45) is 0.883. The van der Waals surface area contributed by atoms with Crippen LogP contribution in [-0.2, 0) is 9.53 Å². The molecular formula is C20H32BrNO3. The fourth-order valence-corrected chi connectivity index (χ4v) is 3.41. The summed E-state index contributed by atoms with van der Waals surface area (Å²) in [6, 6.07) is 8.40. The van der Waals surface area contributed by atoms with E-state index in [0.29, 0.717) is 24.9 Å². The molecule has 25 heavy (non-hydrogen) atoms. The van der Waals surface area contributed by atoms with Crippen LogP contribution in [0.15, 0.2) is 28.7 Å². The number of β-amino-alcohol motifs (C(OH)–C–C–N with tert-alkyl or cyclic N) is 1. The van der Waals surface area contributed by atoms with E-state index in [-0.39, 0.29) is 17.6 Å². The highest BCUT2D eigenvalue weighted by Crippen LogP contribution is 2.34. The third-order valence-corrected chi connectivity index (χ3v) is 4.64. The molecule has 142 valence electrons. The number of piperidine rings is 1. The zero-order valence-corrected chi connectivity index (χ0v) is 17.5. The maximum absolute atomic E-state index is 10.3. The number of hydrogen-bond acceptors (Lipinski definition) is 4. The number of benzene rings is 1. The van der Waals surface area contributed by atoms with E-state index in [9.17, 15) is 9.90 Å². The fraction of sp³-hybridized carbons (Fsp3) is 0.650. The second-order valence-corrected chi connectivity index (χ2v) is 8.93. The topological polar surface area (TPSA) is 58.6 Å². The van der Waals surface area contributed by atoms with Crippen molar-refractivity contribution in [3.8, 4) is 0 Å². The number of aliphatic hydroxyl groups is 1. The Hall–Kier alpha value is -0.910. The molecule has 2 N–H and O–H groups in total. The van der Waals surface area contributed by atoms with E-state index in [0.717, 1.165) is 17.4 Å². The number of halogens is 1. The van der Waals surface area contributed by atoms with Crippen molar-refractivity contribution in [1.29, 1.82) is 0 Å². The molecule has 1 aromatic carbocycles. The van der Waals surface area contributed by atoms with Crippen molar-refractivity contribution in [2.45, 2.75) is 58.7 Å². The molecule has 3 unspecified atom stereocenters. The van der Waals surface area contributed by atoms with Gasteiger partial charge >= 0.3 is 0 Å². The van der Waals surface area contributed by atoms with Crippen LogP contribution in [0.1, 0.15) is 52.5 Å². The predicted molar refractivity (Wildman–Crippen MR) is 106 cm³/mol. The number of nitrogens with one attached hydrogen (secondary N) is 1. The van der Waals surface area contributed by atoms with Gasteiger partial charge in [0.1, 0.15) is 5.60 Å². The molecule has 1 aliphatic heterocycles. The molecule has 1 heterocycles. The highest BCUT2D eigenvalue weighted by Gasteiger charge is 2.33. The number of hydrogen-bond donors (Lipinski definition) is 2. The monoisotopic (exact) mass is 413 g/mol. The molecule has 2 rings (SSSR count). The van der Waals surface area contributed by atoms with Crippen molar-refractivity contribution in [3.63, 3.8) is 0 Å². The third kappa shape index (κ3) is 8.34. The van der Waals surface area contributed by atoms with Crippen LogP contribution in [-0.4, -0.2) is 36.4 Å². The summed E-state index contributed by atoms with van der Waals surface area (Å²) in [5.74, 6) is 1.46. The number of carbonyl (C=O) groups is 1. The van der Waals surface area contributed by atoms with Crippen LogP contribution in [0.2, 0.25) is 0 Å². The van der Waals surface area contributed by atoms with Crippen LogP contribution in [0.4, 0.5) is 0 Å². The van der Waals surface area contributed by atoms with Crippen LogP contribution in [0, 0.1) is 11.8 Å². The number of aliphatic hydroxyl groups excluding tert-OH is 1. The Labute approximate surface area is 160 Å². The Morgan fingerprint density at radius 2 is 1.88 bits per heavy atom. The van der Waals surface area contributed by atoms with Gasteiger partial charge in [-0.05, 0) is 63.3 Å². The highest BCUT2D eigenvalue weighted by molar-refractivity contribution is 9.10. The first-order valence-corrected chi connectivity index (χ1v) is 9.69. The van der Waals surface area contributed by atoms with E-state index in [1.54, 1.807) is 0 Å². The molecule has 0 radical (unpaired) electrons. The molecule has 0 aliphatic carbocycles. The molecule has 1 fully saturated rings. The lowest BCUT2D eigenvalue weighted by Gasteiger charge is -2.37. The van der Waals surface area contributed by atoms with Crippen LogP contribution >= 0.6 is 15.9 Å². The molecule has 0 aromatic heterocycles. The number of ether oxygens (including phenoxy) is 1. The average molecular weight is 414 g/mol. The summed E-state index contributed by atoms with van der Waals surface area (Å²) in [4.78, 5) is 9.60. The second kappa shape index (κ2) is 10.3. The van der Waals surface area contributed by atoms with Crippen molar-refractivity contribution >= 4 is 22.4 Å². The van der Waals surface area contributed by atoms with Gasteiger partial charge in [0.05, 0.1) is 6.10 Å². The molecule has 3 atom stereocenters. The number of rotatable bonds is 4. The second-order valence-electron chi connectivity index (χ2n) is 8.02. The van der Waals surface area contributed by atoms with Crippen LogP contribution in [0.3, 0.4) is 0 Å². The first-order chi connectivity index (χ1) is 11.6. The average Bonchev–Trinajstić information content (AvgIpc) is 2.48. The Kier molecular flexibility index (Phi) is 9.11. The minimum absolute atomic E-state index is 0.266. The molecule has 1 saturated heterocycles. The normalized spacial score (nSPS) is 23.6. The summed E-state index contributed by atoms with van der Waals surface area (Å²) in [7, 11) is 0. The van der Waals surface area contributed by atoms with Gasteiger partial charge in [-0.25, -0.2) is 0 Å². The van der Waals surface area contributed by atoms with Gasteiger partial charge in [0, 0.05) is 16.9 Å². The molecule has 0 saturated carbocycles. The summed E-state index contributed by atoms with van der Waals surface area (Å²) in [5, 5.41) is 13.6. The lowest BCUT2D eigenvalue weighted by Crippen LogP contribution is -2.45. The Balaban J connectivity index is 0.000000381. The minimum atomic E-state index is -0.318. The van der Waals surface area contributed by atoms with Gasteiger partial charge in [-0.15, -0.1) is 0 Å². The van der Waals surface area contributed by atoms with E-state index < -0.39 is 0 Å². The quantitative estimate of drug-likeness (QED) is 0.728. The molecule has 0 bridgehead atoms. The number of carbonyl (C=O) groups excluding carboxylic acids is 1. The third-order valence-electron chi connectivity index (χ3n) is 4.11. The zero-order chi connectivity index (χ0) is 19.0. The van der Waals surface area contributed by atoms with E-state index in [1.165, 1.54) is 5.56 Å².